The topological polar surface area (TPSA) is 67.8 Å². The molecule has 0 spiro atoms. The number of carbonyl (C=O) groups is 1. The number of fused-ring (bicyclic) bond motifs is 1. The SMILES string of the molecule is CC(C)(CO)CNC(=O)C1COc2ccccc2O1. The Labute approximate surface area is 112 Å². The molecule has 1 aromatic rings. The molecule has 104 valence electrons. The van der Waals surface area contributed by atoms with E-state index in [-0.39, 0.29) is 24.5 Å². The lowest BCUT2D eigenvalue weighted by Gasteiger charge is -2.27. The van der Waals surface area contributed by atoms with Crippen LogP contribution in [0.1, 0.15) is 13.8 Å². The Kier molecular flexibility index (Phi) is 3.95. The lowest BCUT2D eigenvalue weighted by atomic mass is 9.95. The average molecular weight is 265 g/mol. The maximum Gasteiger partial charge on any atom is 0.264 e. The lowest BCUT2D eigenvalue weighted by molar-refractivity contribution is -0.130. The highest BCUT2D eigenvalue weighted by molar-refractivity contribution is 5.81. The van der Waals surface area contributed by atoms with Crippen LogP contribution < -0.4 is 14.8 Å². The number of benzene rings is 1. The van der Waals surface area contributed by atoms with Gasteiger partial charge >= 0.3 is 0 Å². The van der Waals surface area contributed by atoms with E-state index in [1.807, 2.05) is 26.0 Å². The van der Waals surface area contributed by atoms with E-state index in [0.29, 0.717) is 18.0 Å². The molecule has 1 aromatic carbocycles. The van der Waals surface area contributed by atoms with Crippen molar-refractivity contribution in [3.8, 4) is 11.5 Å². The largest absolute Gasteiger partial charge is 0.485 e. The molecule has 2 rings (SSSR count). The lowest BCUT2D eigenvalue weighted by Crippen LogP contribution is -2.47. The maximum absolute atomic E-state index is 12.0. The quantitative estimate of drug-likeness (QED) is 0.851. The van der Waals surface area contributed by atoms with E-state index in [1.165, 1.54) is 0 Å². The minimum Gasteiger partial charge on any atom is -0.485 e. The van der Waals surface area contributed by atoms with Crippen LogP contribution in [0.3, 0.4) is 0 Å². The van der Waals surface area contributed by atoms with Crippen LogP contribution in [0.25, 0.3) is 0 Å². The van der Waals surface area contributed by atoms with E-state index in [0.717, 1.165) is 0 Å². The molecule has 0 fully saturated rings. The van der Waals surface area contributed by atoms with Crippen molar-refractivity contribution in [2.75, 3.05) is 19.8 Å². The molecule has 0 bridgehead atoms. The van der Waals surface area contributed by atoms with Crippen molar-refractivity contribution in [2.45, 2.75) is 20.0 Å². The molecule has 1 heterocycles. The maximum atomic E-state index is 12.0. The monoisotopic (exact) mass is 265 g/mol. The molecule has 0 aromatic heterocycles. The number of hydrogen-bond acceptors (Lipinski definition) is 4. The van der Waals surface area contributed by atoms with Crippen molar-refractivity contribution in [2.24, 2.45) is 5.41 Å². The summed E-state index contributed by atoms with van der Waals surface area (Å²) >= 11 is 0. The molecule has 0 saturated heterocycles. The van der Waals surface area contributed by atoms with E-state index >= 15 is 0 Å². The summed E-state index contributed by atoms with van der Waals surface area (Å²) in [6.07, 6.45) is -0.649. The number of carbonyl (C=O) groups excluding carboxylic acids is 1. The first kappa shape index (κ1) is 13.7. The molecule has 2 N–H and O–H groups in total. The van der Waals surface area contributed by atoms with Crippen LogP contribution in [-0.2, 0) is 4.79 Å². The van der Waals surface area contributed by atoms with Crippen molar-refractivity contribution in [3.63, 3.8) is 0 Å². The number of aliphatic hydroxyl groups excluding tert-OH is 1. The van der Waals surface area contributed by atoms with Crippen molar-refractivity contribution >= 4 is 5.91 Å². The first-order valence-electron chi connectivity index (χ1n) is 6.29. The number of amides is 1. The molecular formula is C14H19NO4. The van der Waals surface area contributed by atoms with Crippen LogP contribution in [-0.4, -0.2) is 36.9 Å². The van der Waals surface area contributed by atoms with Crippen LogP contribution in [0.15, 0.2) is 24.3 Å². The highest BCUT2D eigenvalue weighted by atomic mass is 16.6. The first-order valence-corrected chi connectivity index (χ1v) is 6.29. The normalized spacial score (nSPS) is 17.9. The third-order valence-electron chi connectivity index (χ3n) is 2.97. The van der Waals surface area contributed by atoms with Gasteiger partial charge in [0.15, 0.2) is 11.5 Å². The zero-order chi connectivity index (χ0) is 13.9. The molecule has 1 amide bonds. The number of para-hydroxylation sites is 2. The number of rotatable bonds is 4. The van der Waals surface area contributed by atoms with Crippen molar-refractivity contribution in [1.82, 2.24) is 5.32 Å². The molecule has 19 heavy (non-hydrogen) atoms. The molecule has 0 radical (unpaired) electrons. The van der Waals surface area contributed by atoms with E-state index in [4.69, 9.17) is 14.6 Å². The van der Waals surface area contributed by atoms with Crippen LogP contribution >= 0.6 is 0 Å². The second-order valence-electron chi connectivity index (χ2n) is 5.40. The first-order chi connectivity index (χ1) is 9.02. The smallest absolute Gasteiger partial charge is 0.264 e. The van der Waals surface area contributed by atoms with Crippen LogP contribution in [0, 0.1) is 5.41 Å². The van der Waals surface area contributed by atoms with Gasteiger partial charge in [-0.3, -0.25) is 4.79 Å². The van der Waals surface area contributed by atoms with E-state index in [2.05, 4.69) is 5.32 Å². The van der Waals surface area contributed by atoms with Gasteiger partial charge in [0, 0.05) is 18.6 Å². The molecule has 1 unspecified atom stereocenters. The minimum atomic E-state index is -0.649. The van der Waals surface area contributed by atoms with Crippen molar-refractivity contribution < 1.29 is 19.4 Å². The number of nitrogens with one attached hydrogen (secondary N) is 1. The highest BCUT2D eigenvalue weighted by Crippen LogP contribution is 2.30. The molecule has 1 atom stereocenters. The van der Waals surface area contributed by atoms with Gasteiger partial charge in [0.25, 0.3) is 5.91 Å². The fraction of sp³-hybridized carbons (Fsp3) is 0.500. The Morgan fingerprint density at radius 1 is 1.42 bits per heavy atom. The molecule has 1 aliphatic rings. The van der Waals surface area contributed by atoms with Gasteiger partial charge in [-0.2, -0.15) is 0 Å². The number of aliphatic hydroxyl groups is 1. The second-order valence-corrected chi connectivity index (χ2v) is 5.40. The summed E-state index contributed by atoms with van der Waals surface area (Å²) in [5.74, 6) is 1.01. The van der Waals surface area contributed by atoms with E-state index in [9.17, 15) is 4.79 Å². The van der Waals surface area contributed by atoms with Gasteiger partial charge in [-0.25, -0.2) is 0 Å². The summed E-state index contributed by atoms with van der Waals surface area (Å²) in [6, 6.07) is 7.26. The van der Waals surface area contributed by atoms with Gasteiger partial charge in [-0.05, 0) is 12.1 Å². The Morgan fingerprint density at radius 2 is 2.11 bits per heavy atom. The molecule has 1 aliphatic heterocycles. The van der Waals surface area contributed by atoms with Crippen LogP contribution in [0.4, 0.5) is 0 Å². The van der Waals surface area contributed by atoms with Gasteiger partial charge < -0.3 is 19.9 Å². The van der Waals surface area contributed by atoms with Gasteiger partial charge in [0.1, 0.15) is 6.61 Å². The second kappa shape index (κ2) is 5.48. The number of hydrogen-bond donors (Lipinski definition) is 2. The van der Waals surface area contributed by atoms with Crippen LogP contribution in [0.2, 0.25) is 0 Å². The fourth-order valence-corrected chi connectivity index (χ4v) is 1.64. The zero-order valence-corrected chi connectivity index (χ0v) is 11.2. The van der Waals surface area contributed by atoms with Crippen molar-refractivity contribution in [1.29, 1.82) is 0 Å². The van der Waals surface area contributed by atoms with E-state index in [1.54, 1.807) is 12.1 Å². The Bertz CT molecular complexity index is 459. The van der Waals surface area contributed by atoms with Crippen molar-refractivity contribution in [3.05, 3.63) is 24.3 Å². The molecule has 5 heteroatoms. The predicted molar refractivity (Wildman–Crippen MR) is 70.2 cm³/mol. The van der Waals surface area contributed by atoms with Gasteiger partial charge in [-0.15, -0.1) is 0 Å². The fourth-order valence-electron chi connectivity index (χ4n) is 1.64. The third-order valence-corrected chi connectivity index (χ3v) is 2.97. The summed E-state index contributed by atoms with van der Waals surface area (Å²) < 4.78 is 11.1. The number of ether oxygens (including phenoxy) is 2. The summed E-state index contributed by atoms with van der Waals surface area (Å²) in [7, 11) is 0. The van der Waals surface area contributed by atoms with Gasteiger partial charge in [-0.1, -0.05) is 26.0 Å². The third kappa shape index (κ3) is 3.38. The molecule has 0 aliphatic carbocycles. The highest BCUT2D eigenvalue weighted by Gasteiger charge is 2.28. The van der Waals surface area contributed by atoms with Gasteiger partial charge in [0.2, 0.25) is 6.10 Å². The predicted octanol–water partition coefficient (Wildman–Crippen LogP) is 0.961. The average Bonchev–Trinajstić information content (AvgIpc) is 2.44. The van der Waals surface area contributed by atoms with Gasteiger partial charge in [0.05, 0.1) is 0 Å². The Hall–Kier alpha value is -1.75. The Morgan fingerprint density at radius 3 is 2.79 bits per heavy atom. The molecule has 5 nitrogen and oxygen atoms in total. The standard InChI is InChI=1S/C14H19NO4/c1-14(2,9-16)8-15-13(17)12-7-18-10-5-3-4-6-11(10)19-12/h3-6,12,16H,7-9H2,1-2H3,(H,15,17). The summed E-state index contributed by atoms with van der Waals surface area (Å²) in [5, 5.41) is 11.9. The Balaban J connectivity index is 1.92. The van der Waals surface area contributed by atoms with E-state index < -0.39 is 6.10 Å². The summed E-state index contributed by atoms with van der Waals surface area (Å²) in [5.41, 5.74) is -0.344. The van der Waals surface area contributed by atoms with Crippen LogP contribution in [0.5, 0.6) is 11.5 Å². The molecule has 0 saturated carbocycles. The zero-order valence-electron chi connectivity index (χ0n) is 11.2. The summed E-state index contributed by atoms with van der Waals surface area (Å²) in [4.78, 5) is 12.0. The minimum absolute atomic E-state index is 0.0120. The molecular weight excluding hydrogens is 246 g/mol. The summed E-state index contributed by atoms with van der Waals surface area (Å²) in [6.45, 7) is 4.35.